The van der Waals surface area contributed by atoms with E-state index in [0.717, 1.165) is 12.0 Å². The maximum Gasteiger partial charge on any atom is 0.251 e. The number of aryl methyl sites for hydroxylation is 1. The highest BCUT2D eigenvalue weighted by molar-refractivity contribution is 7.89. The molecule has 2 aliphatic heterocycles. The lowest BCUT2D eigenvalue weighted by Gasteiger charge is -2.23. The van der Waals surface area contributed by atoms with Gasteiger partial charge in [-0.15, -0.1) is 0 Å². The third kappa shape index (κ3) is 3.47. The number of nitrogens with one attached hydrogen (secondary N) is 2. The topological polar surface area (TPSA) is 115 Å². The van der Waals surface area contributed by atoms with E-state index in [4.69, 9.17) is 4.74 Å². The second-order valence-corrected chi connectivity index (χ2v) is 8.40. The number of carbonyl (C=O) groups is 1. The number of rotatable bonds is 5. The minimum atomic E-state index is -3.80. The Morgan fingerprint density at radius 3 is 3.07 bits per heavy atom. The lowest BCUT2D eigenvalue weighted by molar-refractivity contribution is 0.0945. The zero-order valence-corrected chi connectivity index (χ0v) is 15.8. The van der Waals surface area contributed by atoms with E-state index in [-0.39, 0.29) is 17.4 Å². The maximum atomic E-state index is 12.9. The van der Waals surface area contributed by atoms with Gasteiger partial charge in [-0.05, 0) is 37.0 Å². The van der Waals surface area contributed by atoms with E-state index in [0.29, 0.717) is 43.1 Å². The van der Waals surface area contributed by atoms with Gasteiger partial charge < -0.3 is 10.1 Å². The zero-order valence-electron chi connectivity index (χ0n) is 14.9. The molecule has 2 N–H and O–H groups in total. The number of sulfonamides is 1. The van der Waals surface area contributed by atoms with Crippen molar-refractivity contribution in [2.75, 3.05) is 13.7 Å². The number of nitrogens with zero attached hydrogens (tertiary/aromatic N) is 3. The van der Waals surface area contributed by atoms with Crippen molar-refractivity contribution in [2.24, 2.45) is 0 Å². The third-order valence-electron chi connectivity index (χ3n) is 4.81. The summed E-state index contributed by atoms with van der Waals surface area (Å²) in [6.07, 6.45) is 2.13. The van der Waals surface area contributed by atoms with Gasteiger partial charge >= 0.3 is 0 Å². The van der Waals surface area contributed by atoms with Crippen molar-refractivity contribution in [3.63, 3.8) is 0 Å². The Kier molecular flexibility index (Phi) is 4.70. The van der Waals surface area contributed by atoms with Crippen LogP contribution in [0, 0.1) is 0 Å². The predicted octanol–water partition coefficient (Wildman–Crippen LogP) is 0.524. The molecule has 1 atom stereocenters. The molecule has 0 radical (unpaired) electrons. The first-order valence-corrected chi connectivity index (χ1v) is 10.3. The van der Waals surface area contributed by atoms with Gasteiger partial charge in [-0.3, -0.25) is 4.79 Å². The van der Waals surface area contributed by atoms with Crippen molar-refractivity contribution in [1.29, 1.82) is 0 Å². The highest BCUT2D eigenvalue weighted by Crippen LogP contribution is 2.26. The van der Waals surface area contributed by atoms with Crippen LogP contribution >= 0.6 is 0 Å². The van der Waals surface area contributed by atoms with Crippen LogP contribution in [0.25, 0.3) is 0 Å². The fourth-order valence-electron chi connectivity index (χ4n) is 3.51. The maximum absolute atomic E-state index is 12.9. The van der Waals surface area contributed by atoms with Crippen molar-refractivity contribution in [3.8, 4) is 0 Å². The molecule has 9 nitrogen and oxygen atoms in total. The van der Waals surface area contributed by atoms with E-state index in [1.54, 1.807) is 23.9 Å². The number of ether oxygens (including phenoxy) is 1. The molecule has 0 fully saturated rings. The highest BCUT2D eigenvalue weighted by atomic mass is 32.2. The summed E-state index contributed by atoms with van der Waals surface area (Å²) >= 11 is 0. The zero-order chi connectivity index (χ0) is 19.0. The number of amides is 1. The van der Waals surface area contributed by atoms with Gasteiger partial charge in [0.1, 0.15) is 12.4 Å². The van der Waals surface area contributed by atoms with Crippen LogP contribution in [-0.2, 0) is 34.3 Å². The van der Waals surface area contributed by atoms with Gasteiger partial charge in [0, 0.05) is 25.8 Å². The SMILES string of the molecule is COCc1nc2n(n1)CCCC2NS(=O)(=O)c1ccc2c(c1)C(=O)NCC2. The number of benzene rings is 1. The molecular formula is C17H21N5O4S. The molecular weight excluding hydrogens is 370 g/mol. The fourth-order valence-corrected chi connectivity index (χ4v) is 4.77. The van der Waals surface area contributed by atoms with Crippen LogP contribution in [0.4, 0.5) is 0 Å². The molecule has 4 rings (SSSR count). The van der Waals surface area contributed by atoms with Crippen LogP contribution in [0.15, 0.2) is 23.1 Å². The molecule has 1 unspecified atom stereocenters. The second-order valence-electron chi connectivity index (χ2n) is 6.68. The van der Waals surface area contributed by atoms with Crippen LogP contribution in [0.2, 0.25) is 0 Å². The summed E-state index contributed by atoms with van der Waals surface area (Å²) in [6.45, 7) is 1.54. The van der Waals surface area contributed by atoms with Crippen LogP contribution in [-0.4, -0.2) is 42.7 Å². The molecule has 2 aromatic rings. The molecule has 0 bridgehead atoms. The first kappa shape index (κ1) is 18.1. The van der Waals surface area contributed by atoms with Crippen LogP contribution < -0.4 is 10.0 Å². The molecule has 144 valence electrons. The van der Waals surface area contributed by atoms with Gasteiger partial charge in [0.15, 0.2) is 5.82 Å². The highest BCUT2D eigenvalue weighted by Gasteiger charge is 2.30. The van der Waals surface area contributed by atoms with E-state index >= 15 is 0 Å². The molecule has 0 saturated carbocycles. The third-order valence-corrected chi connectivity index (χ3v) is 6.27. The fraction of sp³-hybridized carbons (Fsp3) is 0.471. The molecule has 1 aromatic heterocycles. The normalized spacial score (nSPS) is 19.3. The second kappa shape index (κ2) is 7.02. The smallest absolute Gasteiger partial charge is 0.251 e. The number of carbonyl (C=O) groups excluding carboxylic acids is 1. The summed E-state index contributed by atoms with van der Waals surface area (Å²) in [5.74, 6) is 0.881. The van der Waals surface area contributed by atoms with Crippen LogP contribution in [0.5, 0.6) is 0 Å². The molecule has 1 amide bonds. The van der Waals surface area contributed by atoms with E-state index in [9.17, 15) is 13.2 Å². The molecule has 0 spiro atoms. The van der Waals surface area contributed by atoms with Gasteiger partial charge in [0.2, 0.25) is 10.0 Å². The first-order valence-electron chi connectivity index (χ1n) is 8.84. The number of aromatic nitrogens is 3. The first-order chi connectivity index (χ1) is 13.0. The van der Waals surface area contributed by atoms with E-state index in [1.165, 1.54) is 6.07 Å². The summed E-state index contributed by atoms with van der Waals surface area (Å²) in [7, 11) is -2.24. The van der Waals surface area contributed by atoms with Gasteiger partial charge in [0.25, 0.3) is 5.91 Å². The largest absolute Gasteiger partial charge is 0.377 e. The van der Waals surface area contributed by atoms with Crippen LogP contribution in [0.1, 0.15) is 46.5 Å². The Labute approximate surface area is 157 Å². The summed E-state index contributed by atoms with van der Waals surface area (Å²) in [4.78, 5) is 16.5. The van der Waals surface area contributed by atoms with Gasteiger partial charge in [0.05, 0.1) is 10.9 Å². The van der Waals surface area contributed by atoms with Gasteiger partial charge in [-0.1, -0.05) is 6.07 Å². The Bertz CT molecular complexity index is 985. The summed E-state index contributed by atoms with van der Waals surface area (Å²) < 4.78 is 35.3. The van der Waals surface area contributed by atoms with Crippen molar-refractivity contribution in [2.45, 2.75) is 43.4 Å². The van der Waals surface area contributed by atoms with Crippen LogP contribution in [0.3, 0.4) is 0 Å². The number of hydrogen-bond donors (Lipinski definition) is 2. The molecule has 1 aromatic carbocycles. The minimum Gasteiger partial charge on any atom is -0.377 e. The number of fused-ring (bicyclic) bond motifs is 2. The predicted molar refractivity (Wildman–Crippen MR) is 95.5 cm³/mol. The Morgan fingerprint density at radius 2 is 2.26 bits per heavy atom. The van der Waals surface area contributed by atoms with Gasteiger partial charge in [-0.2, -0.15) is 5.10 Å². The lowest BCUT2D eigenvalue weighted by atomic mass is 10.0. The number of methoxy groups -OCH3 is 1. The average molecular weight is 391 g/mol. The molecule has 3 heterocycles. The Morgan fingerprint density at radius 1 is 1.41 bits per heavy atom. The lowest BCUT2D eigenvalue weighted by Crippen LogP contribution is -2.34. The molecule has 2 aliphatic rings. The number of hydrogen-bond acceptors (Lipinski definition) is 6. The molecule has 10 heteroatoms. The van der Waals surface area contributed by atoms with Crippen molar-refractivity contribution < 1.29 is 17.9 Å². The standard InChI is InChI=1S/C17H21N5O4S/c1-26-10-15-19-16-14(3-2-8-22(16)20-15)21-27(24,25)12-5-4-11-6-7-18-17(23)13(11)9-12/h4-5,9,14,21H,2-3,6-8,10H2,1H3,(H,18,23). The van der Waals surface area contributed by atoms with Crippen molar-refractivity contribution in [1.82, 2.24) is 24.8 Å². The monoisotopic (exact) mass is 391 g/mol. The average Bonchev–Trinajstić information content (AvgIpc) is 3.06. The molecule has 0 saturated heterocycles. The van der Waals surface area contributed by atoms with Gasteiger partial charge in [-0.25, -0.2) is 22.8 Å². The van der Waals surface area contributed by atoms with E-state index < -0.39 is 16.1 Å². The Hall–Kier alpha value is -2.30. The minimum absolute atomic E-state index is 0.0760. The molecule has 27 heavy (non-hydrogen) atoms. The van der Waals surface area contributed by atoms with E-state index in [1.807, 2.05) is 0 Å². The Balaban J connectivity index is 1.61. The quantitative estimate of drug-likeness (QED) is 0.768. The summed E-state index contributed by atoms with van der Waals surface area (Å²) in [6, 6.07) is 4.23. The van der Waals surface area contributed by atoms with E-state index in [2.05, 4.69) is 20.1 Å². The molecule has 0 aliphatic carbocycles. The van der Waals surface area contributed by atoms with Crippen molar-refractivity contribution >= 4 is 15.9 Å². The van der Waals surface area contributed by atoms with Crippen molar-refractivity contribution in [3.05, 3.63) is 41.0 Å². The summed E-state index contributed by atoms with van der Waals surface area (Å²) in [5, 5.41) is 7.09. The summed E-state index contributed by atoms with van der Waals surface area (Å²) in [5.41, 5.74) is 1.28.